The number of rotatable bonds is 6. The molecule has 0 aliphatic carbocycles. The van der Waals surface area contributed by atoms with Crippen molar-refractivity contribution >= 4 is 5.91 Å². The van der Waals surface area contributed by atoms with Gasteiger partial charge in [0.25, 0.3) is 5.91 Å². The summed E-state index contributed by atoms with van der Waals surface area (Å²) in [6.45, 7) is 8.60. The van der Waals surface area contributed by atoms with E-state index in [2.05, 4.69) is 34.0 Å². The number of aromatic nitrogens is 2. The maximum absolute atomic E-state index is 12.3. The molecule has 2 aromatic rings. The minimum atomic E-state index is -0.0453. The van der Waals surface area contributed by atoms with Crippen molar-refractivity contribution in [2.24, 2.45) is 11.8 Å². The molecule has 5 nitrogen and oxygen atoms in total. The van der Waals surface area contributed by atoms with Gasteiger partial charge in [-0.05, 0) is 49.1 Å². The molecule has 0 radical (unpaired) electrons. The number of hydrogen-bond acceptors (Lipinski definition) is 4. The van der Waals surface area contributed by atoms with Gasteiger partial charge < -0.3 is 10.2 Å². The summed E-state index contributed by atoms with van der Waals surface area (Å²) in [4.78, 5) is 23.2. The van der Waals surface area contributed by atoms with E-state index in [0.29, 0.717) is 17.4 Å². The molecular weight excluding hydrogens is 312 g/mol. The summed E-state index contributed by atoms with van der Waals surface area (Å²) in [5.41, 5.74) is 2.45. The minimum absolute atomic E-state index is 0.0453. The number of carbonyl (C=O) groups excluding carboxylic acids is 1. The zero-order valence-electron chi connectivity index (χ0n) is 15.0. The zero-order chi connectivity index (χ0) is 17.6. The lowest BCUT2D eigenvalue weighted by molar-refractivity contribution is 0.0947. The van der Waals surface area contributed by atoms with E-state index >= 15 is 0 Å². The average molecular weight is 338 g/mol. The molecule has 1 saturated heterocycles. The first-order valence-electron chi connectivity index (χ1n) is 8.99. The van der Waals surface area contributed by atoms with Crippen LogP contribution in [0.1, 0.15) is 30.6 Å². The zero-order valence-corrected chi connectivity index (χ0v) is 15.0. The van der Waals surface area contributed by atoms with E-state index in [1.807, 2.05) is 24.3 Å². The summed E-state index contributed by atoms with van der Waals surface area (Å²) in [5, 5.41) is 3.06. The molecule has 1 aliphatic heterocycles. The maximum Gasteiger partial charge on any atom is 0.252 e. The maximum atomic E-state index is 12.3. The van der Waals surface area contributed by atoms with E-state index in [-0.39, 0.29) is 5.91 Å². The minimum Gasteiger partial charge on any atom is -0.352 e. The van der Waals surface area contributed by atoms with Crippen LogP contribution in [0.4, 0.5) is 0 Å². The molecule has 1 amide bonds. The van der Waals surface area contributed by atoms with Crippen molar-refractivity contribution in [2.75, 3.05) is 26.2 Å². The number of nitrogens with one attached hydrogen (secondary N) is 1. The first kappa shape index (κ1) is 17.5. The van der Waals surface area contributed by atoms with Crippen molar-refractivity contribution in [2.45, 2.75) is 20.3 Å². The molecule has 1 fully saturated rings. The molecule has 3 heterocycles. The lowest BCUT2D eigenvalue weighted by Crippen LogP contribution is -2.31. The Labute approximate surface area is 149 Å². The molecule has 1 atom stereocenters. The standard InChI is InChI=1S/C20H26N4O/c1-15(2)13-24-10-7-16(14-24)11-23-20(25)18-3-4-19(22-12-18)17-5-8-21-9-6-17/h3-6,8-9,12,15-16H,7,10-11,13-14H2,1-2H3,(H,23,25)/t16-/m1/s1. The molecular formula is C20H26N4O. The predicted molar refractivity (Wildman–Crippen MR) is 99.2 cm³/mol. The predicted octanol–water partition coefficient (Wildman–Crippen LogP) is 2.85. The molecule has 0 unspecified atom stereocenters. The molecule has 25 heavy (non-hydrogen) atoms. The molecule has 0 saturated carbocycles. The van der Waals surface area contributed by atoms with Gasteiger partial charge in [0.1, 0.15) is 0 Å². The summed E-state index contributed by atoms with van der Waals surface area (Å²) in [5.74, 6) is 1.20. The quantitative estimate of drug-likeness (QED) is 0.880. The number of pyridine rings is 2. The van der Waals surface area contributed by atoms with Crippen molar-refractivity contribution in [1.82, 2.24) is 20.2 Å². The lowest BCUT2D eigenvalue weighted by atomic mass is 10.1. The highest BCUT2D eigenvalue weighted by Gasteiger charge is 2.23. The Kier molecular flexibility index (Phi) is 5.76. The van der Waals surface area contributed by atoms with Gasteiger partial charge in [0.15, 0.2) is 0 Å². The van der Waals surface area contributed by atoms with Crippen LogP contribution in [0.5, 0.6) is 0 Å². The van der Waals surface area contributed by atoms with Crippen LogP contribution in [-0.2, 0) is 0 Å². The first-order chi connectivity index (χ1) is 12.1. The third-order valence-electron chi connectivity index (χ3n) is 4.55. The highest BCUT2D eigenvalue weighted by molar-refractivity contribution is 5.94. The van der Waals surface area contributed by atoms with Crippen LogP contribution < -0.4 is 5.32 Å². The van der Waals surface area contributed by atoms with Gasteiger partial charge >= 0.3 is 0 Å². The molecule has 3 rings (SSSR count). The Balaban J connectivity index is 1.50. The number of carbonyl (C=O) groups is 1. The number of amides is 1. The van der Waals surface area contributed by atoms with Crippen molar-refractivity contribution in [1.29, 1.82) is 0 Å². The van der Waals surface area contributed by atoms with Gasteiger partial charge in [-0.2, -0.15) is 0 Å². The Morgan fingerprint density at radius 2 is 2.08 bits per heavy atom. The second-order valence-electron chi connectivity index (χ2n) is 7.19. The highest BCUT2D eigenvalue weighted by atomic mass is 16.1. The molecule has 0 aromatic carbocycles. The number of likely N-dealkylation sites (tertiary alicyclic amines) is 1. The van der Waals surface area contributed by atoms with Gasteiger partial charge in [0.05, 0.1) is 11.3 Å². The van der Waals surface area contributed by atoms with Crippen LogP contribution >= 0.6 is 0 Å². The fourth-order valence-corrected chi connectivity index (χ4v) is 3.32. The number of nitrogens with zero attached hydrogens (tertiary/aromatic N) is 3. The van der Waals surface area contributed by atoms with E-state index in [9.17, 15) is 4.79 Å². The second-order valence-corrected chi connectivity index (χ2v) is 7.19. The van der Waals surface area contributed by atoms with Crippen molar-refractivity contribution in [3.05, 3.63) is 48.4 Å². The Hall–Kier alpha value is -2.27. The Morgan fingerprint density at radius 1 is 1.28 bits per heavy atom. The molecule has 2 aromatic heterocycles. The van der Waals surface area contributed by atoms with Crippen molar-refractivity contribution in [3.63, 3.8) is 0 Å². The topological polar surface area (TPSA) is 58.1 Å². The van der Waals surface area contributed by atoms with Gasteiger partial charge in [-0.3, -0.25) is 14.8 Å². The summed E-state index contributed by atoms with van der Waals surface area (Å²) in [6, 6.07) is 7.53. The Bertz CT molecular complexity index is 685. The molecule has 5 heteroatoms. The van der Waals surface area contributed by atoms with Gasteiger partial charge in [0.2, 0.25) is 0 Å². The van der Waals surface area contributed by atoms with Crippen LogP contribution in [0.15, 0.2) is 42.9 Å². The van der Waals surface area contributed by atoms with Crippen LogP contribution in [0.25, 0.3) is 11.3 Å². The van der Waals surface area contributed by atoms with E-state index in [0.717, 1.165) is 43.9 Å². The fraction of sp³-hybridized carbons (Fsp3) is 0.450. The van der Waals surface area contributed by atoms with Gasteiger partial charge in [-0.1, -0.05) is 13.8 Å². The van der Waals surface area contributed by atoms with Crippen molar-refractivity contribution < 1.29 is 4.79 Å². The van der Waals surface area contributed by atoms with E-state index in [1.165, 1.54) is 0 Å². The summed E-state index contributed by atoms with van der Waals surface area (Å²) in [6.07, 6.45) is 6.28. The smallest absolute Gasteiger partial charge is 0.252 e. The van der Waals surface area contributed by atoms with Gasteiger partial charge in [0, 0.05) is 43.8 Å². The molecule has 0 bridgehead atoms. The largest absolute Gasteiger partial charge is 0.352 e. The first-order valence-corrected chi connectivity index (χ1v) is 8.99. The SMILES string of the molecule is CC(C)CN1CC[C@H](CNC(=O)c2ccc(-c3ccncc3)nc2)C1. The fourth-order valence-electron chi connectivity index (χ4n) is 3.32. The summed E-state index contributed by atoms with van der Waals surface area (Å²) >= 11 is 0. The van der Waals surface area contributed by atoms with Crippen LogP contribution in [0.2, 0.25) is 0 Å². The van der Waals surface area contributed by atoms with Crippen LogP contribution in [-0.4, -0.2) is 47.0 Å². The summed E-state index contributed by atoms with van der Waals surface area (Å²) < 4.78 is 0. The third-order valence-corrected chi connectivity index (χ3v) is 4.55. The average Bonchev–Trinajstić information content (AvgIpc) is 3.07. The van der Waals surface area contributed by atoms with Crippen LogP contribution in [0, 0.1) is 11.8 Å². The molecule has 1 N–H and O–H groups in total. The molecule has 0 spiro atoms. The molecule has 1 aliphatic rings. The van der Waals surface area contributed by atoms with E-state index in [4.69, 9.17) is 0 Å². The second kappa shape index (κ2) is 8.21. The van der Waals surface area contributed by atoms with Gasteiger partial charge in [-0.15, -0.1) is 0 Å². The van der Waals surface area contributed by atoms with E-state index < -0.39 is 0 Å². The normalized spacial score (nSPS) is 17.8. The third kappa shape index (κ3) is 4.86. The Morgan fingerprint density at radius 3 is 2.76 bits per heavy atom. The monoisotopic (exact) mass is 338 g/mol. The van der Waals surface area contributed by atoms with Crippen LogP contribution in [0.3, 0.4) is 0 Å². The summed E-state index contributed by atoms with van der Waals surface area (Å²) in [7, 11) is 0. The van der Waals surface area contributed by atoms with E-state index in [1.54, 1.807) is 18.6 Å². The highest BCUT2D eigenvalue weighted by Crippen LogP contribution is 2.17. The lowest BCUT2D eigenvalue weighted by Gasteiger charge is -2.18. The van der Waals surface area contributed by atoms with Gasteiger partial charge in [-0.25, -0.2) is 0 Å². The van der Waals surface area contributed by atoms with Crippen molar-refractivity contribution in [3.8, 4) is 11.3 Å². The number of hydrogen-bond donors (Lipinski definition) is 1. The molecule has 132 valence electrons.